The van der Waals surface area contributed by atoms with Gasteiger partial charge >= 0.3 is 0 Å². The Morgan fingerprint density at radius 1 is 1.10 bits per heavy atom. The third-order valence-corrected chi connectivity index (χ3v) is 5.43. The summed E-state index contributed by atoms with van der Waals surface area (Å²) in [7, 11) is 0. The van der Waals surface area contributed by atoms with Gasteiger partial charge < -0.3 is 10.2 Å². The Morgan fingerprint density at radius 2 is 1.76 bits per heavy atom. The Kier molecular flexibility index (Phi) is 4.54. The molecule has 116 valence electrons. The van der Waals surface area contributed by atoms with Crippen LogP contribution < -0.4 is 10.2 Å². The first-order valence-corrected chi connectivity index (χ1v) is 8.81. The van der Waals surface area contributed by atoms with E-state index in [9.17, 15) is 0 Å². The normalized spacial score (nSPS) is 22.1. The Hall–Kier alpha value is -1.02. The van der Waals surface area contributed by atoms with Gasteiger partial charge in [-0.05, 0) is 50.4 Å². The van der Waals surface area contributed by atoms with Gasteiger partial charge in [0.05, 0.1) is 0 Å². The molecule has 1 aliphatic carbocycles. The molecule has 1 aliphatic heterocycles. The molecule has 1 aromatic rings. The van der Waals surface area contributed by atoms with Crippen LogP contribution in [0.25, 0.3) is 0 Å². The maximum atomic E-state index is 3.56. The molecule has 1 N–H and O–H groups in total. The van der Waals surface area contributed by atoms with Gasteiger partial charge in [-0.1, -0.05) is 38.3 Å². The summed E-state index contributed by atoms with van der Waals surface area (Å²) in [4.78, 5) is 2.57. The fourth-order valence-electron chi connectivity index (χ4n) is 4.02. The second-order valence-corrected chi connectivity index (χ2v) is 7.18. The number of benzene rings is 1. The average molecular weight is 286 g/mol. The molecule has 0 amide bonds. The Bertz CT molecular complexity index is 437. The molecule has 1 saturated heterocycles. The fraction of sp³-hybridized carbons (Fsp3) is 0.684. The molecule has 1 saturated carbocycles. The van der Waals surface area contributed by atoms with E-state index in [4.69, 9.17) is 0 Å². The lowest BCUT2D eigenvalue weighted by Gasteiger charge is -2.53. The van der Waals surface area contributed by atoms with E-state index in [-0.39, 0.29) is 0 Å². The number of nitrogens with one attached hydrogen (secondary N) is 1. The second-order valence-electron chi connectivity index (χ2n) is 7.18. The molecule has 1 unspecified atom stereocenters. The van der Waals surface area contributed by atoms with Gasteiger partial charge in [0.15, 0.2) is 0 Å². The first kappa shape index (κ1) is 14.9. The Morgan fingerprint density at radius 3 is 2.38 bits per heavy atom. The van der Waals surface area contributed by atoms with E-state index in [0.29, 0.717) is 11.5 Å². The lowest BCUT2D eigenvalue weighted by molar-refractivity contribution is 0.139. The van der Waals surface area contributed by atoms with E-state index in [1.807, 2.05) is 0 Å². The molecule has 2 heteroatoms. The summed E-state index contributed by atoms with van der Waals surface area (Å²) in [6.45, 7) is 8.14. The molecule has 2 aliphatic rings. The van der Waals surface area contributed by atoms with E-state index in [2.05, 4.69) is 48.3 Å². The van der Waals surface area contributed by atoms with Gasteiger partial charge in [-0.3, -0.25) is 0 Å². The van der Waals surface area contributed by atoms with Gasteiger partial charge in [0, 0.05) is 30.2 Å². The van der Waals surface area contributed by atoms with Crippen molar-refractivity contribution in [3.63, 3.8) is 0 Å². The quantitative estimate of drug-likeness (QED) is 0.856. The smallest absolute Gasteiger partial charge is 0.0366 e. The zero-order chi connectivity index (χ0) is 14.7. The fourth-order valence-corrected chi connectivity index (χ4v) is 4.02. The average Bonchev–Trinajstić information content (AvgIpc) is 2.51. The number of nitrogens with zero attached hydrogens (tertiary/aromatic N) is 1. The zero-order valence-electron chi connectivity index (χ0n) is 13.7. The molecule has 1 spiro atoms. The van der Waals surface area contributed by atoms with Crippen LogP contribution in [0, 0.1) is 5.41 Å². The molecule has 0 bridgehead atoms. The van der Waals surface area contributed by atoms with E-state index in [1.54, 1.807) is 0 Å². The van der Waals surface area contributed by atoms with E-state index in [0.717, 1.165) is 6.54 Å². The first-order chi connectivity index (χ1) is 10.2. The monoisotopic (exact) mass is 286 g/mol. The summed E-state index contributed by atoms with van der Waals surface area (Å²) in [5, 5.41) is 3.56. The van der Waals surface area contributed by atoms with Crippen LogP contribution in [0.3, 0.4) is 0 Å². The van der Waals surface area contributed by atoms with Gasteiger partial charge in [0.25, 0.3) is 0 Å². The van der Waals surface area contributed by atoms with Crippen molar-refractivity contribution < 1.29 is 0 Å². The number of rotatable bonds is 5. The minimum Gasteiger partial charge on any atom is -0.370 e. The molecule has 0 aromatic heterocycles. The maximum Gasteiger partial charge on any atom is 0.0366 e. The minimum absolute atomic E-state index is 0.458. The van der Waals surface area contributed by atoms with Crippen LogP contribution in [0.2, 0.25) is 0 Å². The Balaban J connectivity index is 1.56. The van der Waals surface area contributed by atoms with Crippen molar-refractivity contribution in [2.75, 3.05) is 24.5 Å². The summed E-state index contributed by atoms with van der Waals surface area (Å²) in [5.41, 5.74) is 3.49. The predicted octanol–water partition coefficient (Wildman–Crippen LogP) is 4.52. The number of hydrogen-bond acceptors (Lipinski definition) is 2. The Labute approximate surface area is 129 Å². The van der Waals surface area contributed by atoms with Crippen LogP contribution in [0.5, 0.6) is 0 Å². The number of hydrogen-bond donors (Lipinski definition) is 1. The largest absolute Gasteiger partial charge is 0.370 e. The van der Waals surface area contributed by atoms with Crippen molar-refractivity contribution in [1.29, 1.82) is 0 Å². The lowest BCUT2D eigenvalue weighted by Crippen LogP contribution is -2.57. The highest BCUT2D eigenvalue weighted by Gasteiger charge is 2.43. The van der Waals surface area contributed by atoms with Gasteiger partial charge in [-0.15, -0.1) is 0 Å². The first-order valence-electron chi connectivity index (χ1n) is 8.81. The van der Waals surface area contributed by atoms with Crippen LogP contribution in [0.4, 0.5) is 5.69 Å². The van der Waals surface area contributed by atoms with Crippen molar-refractivity contribution in [2.24, 2.45) is 5.41 Å². The summed E-state index contributed by atoms with van der Waals surface area (Å²) in [6.07, 6.45) is 8.47. The summed E-state index contributed by atoms with van der Waals surface area (Å²) in [5.74, 6) is 0. The molecule has 2 fully saturated rings. The predicted molar refractivity (Wildman–Crippen MR) is 90.9 cm³/mol. The van der Waals surface area contributed by atoms with Crippen LogP contribution in [-0.4, -0.2) is 19.6 Å². The van der Waals surface area contributed by atoms with E-state index < -0.39 is 0 Å². The van der Waals surface area contributed by atoms with Gasteiger partial charge in [0.2, 0.25) is 0 Å². The van der Waals surface area contributed by atoms with Gasteiger partial charge in [-0.25, -0.2) is 0 Å². The third-order valence-electron chi connectivity index (χ3n) is 5.43. The molecule has 1 atom stereocenters. The molecular formula is C19H30N2. The number of anilines is 1. The molecule has 2 nitrogen and oxygen atoms in total. The topological polar surface area (TPSA) is 15.3 Å². The highest BCUT2D eigenvalue weighted by Crippen LogP contribution is 2.45. The van der Waals surface area contributed by atoms with Crippen LogP contribution >= 0.6 is 0 Å². The summed E-state index contributed by atoms with van der Waals surface area (Å²) in [6, 6.07) is 9.69. The van der Waals surface area contributed by atoms with Crippen molar-refractivity contribution in [3.8, 4) is 0 Å². The molecule has 3 rings (SSSR count). The van der Waals surface area contributed by atoms with Crippen molar-refractivity contribution in [1.82, 2.24) is 5.32 Å². The van der Waals surface area contributed by atoms with Gasteiger partial charge in [-0.2, -0.15) is 0 Å². The van der Waals surface area contributed by atoms with Crippen molar-refractivity contribution >= 4 is 5.69 Å². The summed E-state index contributed by atoms with van der Waals surface area (Å²) < 4.78 is 0. The van der Waals surface area contributed by atoms with Crippen molar-refractivity contribution in [3.05, 3.63) is 29.8 Å². The highest BCUT2D eigenvalue weighted by atomic mass is 15.2. The second kappa shape index (κ2) is 6.39. The van der Waals surface area contributed by atoms with Gasteiger partial charge in [0.1, 0.15) is 0 Å². The minimum atomic E-state index is 0.458. The van der Waals surface area contributed by atoms with E-state index in [1.165, 1.54) is 62.9 Å². The standard InChI is InChI=1S/C19H30N2/c1-3-13-20-16(2)17-7-9-18(10-8-17)21-14-19(15-21)11-5-4-6-12-19/h7-10,16,20H,3-6,11-15H2,1-2H3. The third kappa shape index (κ3) is 3.26. The van der Waals surface area contributed by atoms with Crippen LogP contribution in [0.15, 0.2) is 24.3 Å². The molecule has 1 heterocycles. The SMILES string of the molecule is CCCNC(C)c1ccc(N2CC3(CCCCC3)C2)cc1. The highest BCUT2D eigenvalue weighted by molar-refractivity contribution is 5.51. The molecule has 0 radical (unpaired) electrons. The lowest BCUT2D eigenvalue weighted by atomic mass is 9.68. The van der Waals surface area contributed by atoms with Crippen molar-refractivity contribution in [2.45, 2.75) is 58.4 Å². The molecular weight excluding hydrogens is 256 g/mol. The van der Waals surface area contributed by atoms with Crippen LogP contribution in [-0.2, 0) is 0 Å². The summed E-state index contributed by atoms with van der Waals surface area (Å²) >= 11 is 0. The maximum absolute atomic E-state index is 3.56. The van der Waals surface area contributed by atoms with Crippen LogP contribution in [0.1, 0.15) is 64.0 Å². The molecule has 21 heavy (non-hydrogen) atoms. The molecule has 1 aromatic carbocycles. The van der Waals surface area contributed by atoms with E-state index >= 15 is 0 Å². The zero-order valence-corrected chi connectivity index (χ0v) is 13.7.